The van der Waals surface area contributed by atoms with Gasteiger partial charge >= 0.3 is 0 Å². The van der Waals surface area contributed by atoms with Crippen molar-refractivity contribution in [3.63, 3.8) is 0 Å². The number of nitrogens with zero attached hydrogens (tertiary/aromatic N) is 2. The van der Waals surface area contributed by atoms with Crippen molar-refractivity contribution in [1.82, 2.24) is 9.21 Å². The number of sulfonamides is 1. The second-order valence-electron chi connectivity index (χ2n) is 7.30. The highest BCUT2D eigenvalue weighted by Gasteiger charge is 2.31. The Morgan fingerprint density at radius 3 is 2.41 bits per heavy atom. The van der Waals surface area contributed by atoms with E-state index in [0.29, 0.717) is 36.9 Å². The Morgan fingerprint density at radius 1 is 1.10 bits per heavy atom. The van der Waals surface area contributed by atoms with Crippen LogP contribution in [0.4, 0.5) is 5.69 Å². The summed E-state index contributed by atoms with van der Waals surface area (Å²) in [6, 6.07) is 14.2. The fourth-order valence-electron chi connectivity index (χ4n) is 3.38. The van der Waals surface area contributed by atoms with E-state index in [1.165, 1.54) is 4.31 Å². The molecule has 1 aliphatic heterocycles. The lowest BCUT2D eigenvalue weighted by molar-refractivity contribution is -0.121. The summed E-state index contributed by atoms with van der Waals surface area (Å²) in [4.78, 5) is 14.7. The number of hydrogen-bond donors (Lipinski definition) is 1. The maximum absolute atomic E-state index is 12.7. The molecule has 0 aromatic heterocycles. The summed E-state index contributed by atoms with van der Waals surface area (Å²) < 4.78 is 26.9. The summed E-state index contributed by atoms with van der Waals surface area (Å²) >= 11 is 6.02. The van der Waals surface area contributed by atoms with Crippen LogP contribution in [0, 0.1) is 6.92 Å². The molecule has 2 aromatic rings. The zero-order valence-corrected chi connectivity index (χ0v) is 18.2. The molecular weight excluding hydrogens is 410 g/mol. The largest absolute Gasteiger partial charge is 0.324 e. The van der Waals surface area contributed by atoms with Gasteiger partial charge in [0.15, 0.2) is 0 Å². The highest BCUT2D eigenvalue weighted by molar-refractivity contribution is 7.88. The van der Waals surface area contributed by atoms with Crippen LogP contribution < -0.4 is 5.32 Å². The van der Waals surface area contributed by atoms with Crippen LogP contribution in [0.2, 0.25) is 5.02 Å². The SMILES string of the molecule is Cc1ccc(Cl)cc1NC(=O)[C@H](C)N1CCN(S(=O)(=O)Cc2ccccc2)CC1. The van der Waals surface area contributed by atoms with Gasteiger partial charge in [-0.15, -0.1) is 0 Å². The molecule has 0 unspecified atom stereocenters. The number of benzene rings is 2. The summed E-state index contributed by atoms with van der Waals surface area (Å²) in [7, 11) is -3.37. The van der Waals surface area contributed by atoms with Crippen molar-refractivity contribution in [3.05, 3.63) is 64.7 Å². The number of anilines is 1. The minimum atomic E-state index is -3.37. The Kier molecular flexibility index (Phi) is 6.95. The van der Waals surface area contributed by atoms with Crippen molar-refractivity contribution < 1.29 is 13.2 Å². The molecule has 6 nitrogen and oxygen atoms in total. The molecule has 1 fully saturated rings. The lowest BCUT2D eigenvalue weighted by atomic mass is 10.1. The van der Waals surface area contributed by atoms with Crippen molar-refractivity contribution in [2.24, 2.45) is 0 Å². The van der Waals surface area contributed by atoms with Crippen LogP contribution in [0.1, 0.15) is 18.1 Å². The average molecular weight is 436 g/mol. The molecule has 156 valence electrons. The highest BCUT2D eigenvalue weighted by Crippen LogP contribution is 2.21. The summed E-state index contributed by atoms with van der Waals surface area (Å²) in [5, 5.41) is 3.49. The average Bonchev–Trinajstić information content (AvgIpc) is 2.70. The summed E-state index contributed by atoms with van der Waals surface area (Å²) in [5.41, 5.74) is 2.41. The van der Waals surface area contributed by atoms with Gasteiger partial charge in [-0.1, -0.05) is 48.0 Å². The summed E-state index contributed by atoms with van der Waals surface area (Å²) in [5.74, 6) is -0.131. The minimum absolute atomic E-state index is 0.00206. The predicted molar refractivity (Wildman–Crippen MR) is 116 cm³/mol. The second-order valence-corrected chi connectivity index (χ2v) is 9.71. The molecule has 1 N–H and O–H groups in total. The number of piperazine rings is 1. The molecule has 29 heavy (non-hydrogen) atoms. The van der Waals surface area contributed by atoms with Crippen molar-refractivity contribution in [1.29, 1.82) is 0 Å². The van der Waals surface area contributed by atoms with Gasteiger partial charge in [0, 0.05) is 36.9 Å². The molecule has 0 aliphatic carbocycles. The van der Waals surface area contributed by atoms with E-state index in [1.54, 1.807) is 12.1 Å². The fraction of sp³-hybridized carbons (Fsp3) is 0.381. The number of rotatable bonds is 6. The standard InChI is InChI=1S/C21H26ClN3O3S/c1-16-8-9-19(22)14-20(16)23-21(26)17(2)24-10-12-25(13-11-24)29(27,28)15-18-6-4-3-5-7-18/h3-9,14,17H,10-13,15H2,1-2H3,(H,23,26)/t17-/m0/s1. The molecule has 1 aliphatic rings. The van der Waals surface area contributed by atoms with Crippen LogP contribution in [0.5, 0.6) is 0 Å². The van der Waals surface area contributed by atoms with E-state index in [-0.39, 0.29) is 17.7 Å². The van der Waals surface area contributed by atoms with Gasteiger partial charge in [-0.3, -0.25) is 9.69 Å². The third-order valence-electron chi connectivity index (χ3n) is 5.24. The zero-order chi connectivity index (χ0) is 21.0. The zero-order valence-electron chi connectivity index (χ0n) is 16.6. The van der Waals surface area contributed by atoms with Gasteiger partial charge < -0.3 is 5.32 Å². The lowest BCUT2D eigenvalue weighted by Gasteiger charge is -2.36. The first-order chi connectivity index (χ1) is 13.8. The first-order valence-corrected chi connectivity index (χ1v) is 11.6. The van der Waals surface area contributed by atoms with E-state index >= 15 is 0 Å². The van der Waals surface area contributed by atoms with Crippen LogP contribution in [-0.2, 0) is 20.6 Å². The predicted octanol–water partition coefficient (Wildman–Crippen LogP) is 3.12. The van der Waals surface area contributed by atoms with Gasteiger partial charge in [-0.2, -0.15) is 4.31 Å². The van der Waals surface area contributed by atoms with E-state index in [2.05, 4.69) is 5.32 Å². The molecule has 0 bridgehead atoms. The number of nitrogens with one attached hydrogen (secondary N) is 1. The first-order valence-electron chi connectivity index (χ1n) is 9.59. The second kappa shape index (κ2) is 9.26. The fourth-order valence-corrected chi connectivity index (χ4v) is 5.07. The molecule has 0 saturated carbocycles. The monoisotopic (exact) mass is 435 g/mol. The van der Waals surface area contributed by atoms with Crippen LogP contribution in [0.3, 0.4) is 0 Å². The molecular formula is C21H26ClN3O3S. The molecule has 1 saturated heterocycles. The Bertz CT molecular complexity index is 958. The summed E-state index contributed by atoms with van der Waals surface area (Å²) in [6.07, 6.45) is 0. The Hall–Kier alpha value is -1.93. The third kappa shape index (κ3) is 5.57. The van der Waals surface area contributed by atoms with Crippen LogP contribution in [-0.4, -0.2) is 55.8 Å². The smallest absolute Gasteiger partial charge is 0.241 e. The van der Waals surface area contributed by atoms with E-state index < -0.39 is 10.0 Å². The molecule has 0 spiro atoms. The van der Waals surface area contributed by atoms with Crippen molar-refractivity contribution >= 4 is 33.2 Å². The lowest BCUT2D eigenvalue weighted by Crippen LogP contribution is -2.54. The van der Waals surface area contributed by atoms with Crippen molar-refractivity contribution in [2.75, 3.05) is 31.5 Å². The van der Waals surface area contributed by atoms with Crippen LogP contribution >= 0.6 is 11.6 Å². The van der Waals surface area contributed by atoms with Gasteiger partial charge in [0.25, 0.3) is 0 Å². The summed E-state index contributed by atoms with van der Waals surface area (Å²) in [6.45, 7) is 5.52. The molecule has 2 aromatic carbocycles. The minimum Gasteiger partial charge on any atom is -0.324 e. The molecule has 1 atom stereocenters. The number of hydrogen-bond acceptors (Lipinski definition) is 4. The molecule has 0 radical (unpaired) electrons. The number of halogens is 1. The quantitative estimate of drug-likeness (QED) is 0.756. The molecule has 8 heteroatoms. The number of aryl methyl sites for hydroxylation is 1. The van der Waals surface area contributed by atoms with E-state index in [1.807, 2.05) is 55.1 Å². The normalized spacial score (nSPS) is 17.1. The molecule has 1 amide bonds. The highest BCUT2D eigenvalue weighted by atomic mass is 35.5. The van der Waals surface area contributed by atoms with Gasteiger partial charge in [-0.05, 0) is 37.1 Å². The van der Waals surface area contributed by atoms with Gasteiger partial charge in [0.1, 0.15) is 0 Å². The first kappa shape index (κ1) is 21.8. The third-order valence-corrected chi connectivity index (χ3v) is 7.33. The number of carbonyl (C=O) groups excluding carboxylic acids is 1. The van der Waals surface area contributed by atoms with Gasteiger partial charge in [0.05, 0.1) is 11.8 Å². The van der Waals surface area contributed by atoms with Gasteiger partial charge in [0.2, 0.25) is 15.9 Å². The number of carbonyl (C=O) groups is 1. The number of amides is 1. The van der Waals surface area contributed by atoms with Crippen molar-refractivity contribution in [2.45, 2.75) is 25.6 Å². The van der Waals surface area contributed by atoms with Crippen LogP contribution in [0.15, 0.2) is 48.5 Å². The van der Waals surface area contributed by atoms with Crippen molar-refractivity contribution in [3.8, 4) is 0 Å². The Balaban J connectivity index is 1.56. The maximum atomic E-state index is 12.7. The van der Waals surface area contributed by atoms with E-state index in [4.69, 9.17) is 11.6 Å². The van der Waals surface area contributed by atoms with E-state index in [0.717, 1.165) is 11.1 Å². The molecule has 1 heterocycles. The van der Waals surface area contributed by atoms with E-state index in [9.17, 15) is 13.2 Å². The Morgan fingerprint density at radius 2 is 1.76 bits per heavy atom. The Labute approximate surface area is 177 Å². The molecule has 3 rings (SSSR count). The maximum Gasteiger partial charge on any atom is 0.241 e. The van der Waals surface area contributed by atoms with Crippen LogP contribution in [0.25, 0.3) is 0 Å². The topological polar surface area (TPSA) is 69.7 Å². The van der Waals surface area contributed by atoms with Gasteiger partial charge in [-0.25, -0.2) is 8.42 Å².